The van der Waals surface area contributed by atoms with Crippen molar-refractivity contribution in [1.29, 1.82) is 0 Å². The van der Waals surface area contributed by atoms with E-state index in [0.29, 0.717) is 0 Å². The molecule has 4 nitrogen and oxygen atoms in total. The van der Waals surface area contributed by atoms with Gasteiger partial charge in [-0.15, -0.1) is 0 Å². The number of fused-ring (bicyclic) bond motifs is 12. The Kier molecular flexibility index (Phi) is 8.06. The van der Waals surface area contributed by atoms with Crippen LogP contribution in [0.1, 0.15) is 47.8 Å². The van der Waals surface area contributed by atoms with Crippen LogP contribution in [0.2, 0.25) is 0 Å². The fourth-order valence-corrected chi connectivity index (χ4v) is 11.7. The monoisotopic (exact) mass is 856 g/mol. The maximum absolute atomic E-state index is 5.66. The number of benzene rings is 10. The number of rotatable bonds is 5. The van der Waals surface area contributed by atoms with E-state index in [1.54, 1.807) is 0 Å². The van der Waals surface area contributed by atoms with Crippen LogP contribution in [0.3, 0.4) is 0 Å². The van der Waals surface area contributed by atoms with Gasteiger partial charge in [0.15, 0.2) is 0 Å². The highest BCUT2D eigenvalue weighted by Gasteiger charge is 2.36. The fraction of sp³-hybridized carbons (Fsp3) is 0.0635. The second-order valence-corrected chi connectivity index (χ2v) is 18.7. The van der Waals surface area contributed by atoms with Gasteiger partial charge in [0.2, 0.25) is 0 Å². The third kappa shape index (κ3) is 5.50. The Morgan fingerprint density at radius 3 is 1.73 bits per heavy atom. The molecule has 2 aromatic heterocycles. The van der Waals surface area contributed by atoms with Gasteiger partial charge in [0.05, 0.1) is 33.5 Å². The minimum atomic E-state index is -0.326. The number of hydrogen-bond acceptors (Lipinski definition) is 2. The van der Waals surface area contributed by atoms with Crippen molar-refractivity contribution >= 4 is 65.8 Å². The highest BCUT2D eigenvalue weighted by atomic mass is 15.1. The molecule has 0 saturated carbocycles. The Bertz CT molecular complexity index is 4050. The highest BCUT2D eigenvalue weighted by Crippen LogP contribution is 2.50. The van der Waals surface area contributed by atoms with E-state index in [4.69, 9.17) is 4.99 Å². The number of anilines is 1. The molecule has 1 aliphatic heterocycles. The number of aliphatic imine (C=N–C) groups is 1. The summed E-state index contributed by atoms with van der Waals surface area (Å²) in [7, 11) is 0. The van der Waals surface area contributed by atoms with Crippen LogP contribution in [-0.2, 0) is 5.41 Å². The number of nitrogens with one attached hydrogen (secondary N) is 1. The van der Waals surface area contributed by atoms with Gasteiger partial charge in [-0.2, -0.15) is 0 Å². The molecule has 14 rings (SSSR count). The first-order valence-corrected chi connectivity index (χ1v) is 23.3. The molecule has 0 fully saturated rings. The van der Waals surface area contributed by atoms with Gasteiger partial charge >= 0.3 is 0 Å². The molecule has 2 aliphatic rings. The molecule has 1 aliphatic carbocycles. The lowest BCUT2D eigenvalue weighted by Crippen LogP contribution is -2.21. The Labute approximate surface area is 388 Å². The molecule has 67 heavy (non-hydrogen) atoms. The van der Waals surface area contributed by atoms with E-state index in [9.17, 15) is 0 Å². The molecule has 10 aromatic carbocycles. The molecule has 1 N–H and O–H groups in total. The van der Waals surface area contributed by atoms with Crippen molar-refractivity contribution in [2.45, 2.75) is 25.4 Å². The molecule has 0 saturated heterocycles. The summed E-state index contributed by atoms with van der Waals surface area (Å²) < 4.78 is 4.85. The van der Waals surface area contributed by atoms with Crippen LogP contribution in [0.4, 0.5) is 5.69 Å². The number of nitrogens with zero attached hydrogens (tertiary/aromatic N) is 3. The van der Waals surface area contributed by atoms with Gasteiger partial charge in [-0.3, -0.25) is 4.99 Å². The number of aromatic nitrogens is 2. The van der Waals surface area contributed by atoms with Crippen molar-refractivity contribution < 1.29 is 0 Å². The lowest BCUT2D eigenvalue weighted by molar-refractivity contribution is 0.660. The summed E-state index contributed by atoms with van der Waals surface area (Å²) in [4.78, 5) is 5.66. The molecule has 1 atom stereocenters. The second kappa shape index (κ2) is 14.3. The Morgan fingerprint density at radius 2 is 0.985 bits per heavy atom. The average molecular weight is 857 g/mol. The van der Waals surface area contributed by atoms with E-state index in [-0.39, 0.29) is 11.6 Å². The van der Waals surface area contributed by atoms with E-state index in [0.717, 1.165) is 45.0 Å². The summed E-state index contributed by atoms with van der Waals surface area (Å²) in [5, 5.41) is 11.3. The van der Waals surface area contributed by atoms with Gasteiger partial charge < -0.3 is 14.5 Å². The quantitative estimate of drug-likeness (QED) is 0.184. The fourth-order valence-electron chi connectivity index (χ4n) is 11.7. The van der Waals surface area contributed by atoms with E-state index < -0.39 is 0 Å². The lowest BCUT2D eigenvalue weighted by atomic mass is 9.82. The van der Waals surface area contributed by atoms with Gasteiger partial charge in [0.1, 0.15) is 6.17 Å². The van der Waals surface area contributed by atoms with E-state index in [2.05, 4.69) is 247 Å². The Hall–Kier alpha value is -8.47. The maximum atomic E-state index is 5.66. The molecule has 0 radical (unpaired) electrons. The molecule has 4 heteroatoms. The molecular formula is C63H44N4. The maximum Gasteiger partial charge on any atom is 0.145 e. The number of hydrogen-bond donors (Lipinski definition) is 1. The average Bonchev–Trinajstić information content (AvgIpc) is 3.99. The van der Waals surface area contributed by atoms with Gasteiger partial charge in [-0.1, -0.05) is 178 Å². The van der Waals surface area contributed by atoms with Gasteiger partial charge in [0, 0.05) is 54.8 Å². The smallest absolute Gasteiger partial charge is 0.145 e. The van der Waals surface area contributed by atoms with Crippen LogP contribution in [0.15, 0.2) is 223 Å². The first kappa shape index (κ1) is 37.9. The zero-order chi connectivity index (χ0) is 44.4. The first-order chi connectivity index (χ1) is 33.0. The molecule has 3 heterocycles. The number of para-hydroxylation sites is 3. The largest absolute Gasteiger partial charge is 0.359 e. The van der Waals surface area contributed by atoms with Gasteiger partial charge in [-0.25, -0.2) is 0 Å². The Morgan fingerprint density at radius 1 is 0.418 bits per heavy atom. The van der Waals surface area contributed by atoms with Crippen LogP contribution < -0.4 is 5.32 Å². The minimum Gasteiger partial charge on any atom is -0.359 e. The van der Waals surface area contributed by atoms with Crippen molar-refractivity contribution in [3.8, 4) is 33.6 Å². The van der Waals surface area contributed by atoms with Crippen molar-refractivity contribution in [2.24, 2.45) is 4.99 Å². The topological polar surface area (TPSA) is 34.2 Å². The van der Waals surface area contributed by atoms with Crippen LogP contribution in [0, 0.1) is 0 Å². The summed E-state index contributed by atoms with van der Waals surface area (Å²) >= 11 is 0. The molecular weight excluding hydrogens is 813 g/mol. The highest BCUT2D eigenvalue weighted by molar-refractivity contribution is 6.23. The van der Waals surface area contributed by atoms with Crippen LogP contribution in [-0.4, -0.2) is 14.8 Å². The van der Waals surface area contributed by atoms with Gasteiger partial charge in [-0.05, 0) is 98.9 Å². The Balaban J connectivity index is 0.947. The van der Waals surface area contributed by atoms with Crippen LogP contribution in [0.25, 0.3) is 88.0 Å². The van der Waals surface area contributed by atoms with Crippen LogP contribution >= 0.6 is 0 Å². The first-order valence-electron chi connectivity index (χ1n) is 23.3. The van der Waals surface area contributed by atoms with E-state index >= 15 is 0 Å². The SMILES string of the molecule is CC1(C)c2ccccc2-c2cc(C3=NC(c4cccc(-n5c6ccccc6c6c(-c7cccc8c7c7ccccc7n8-c7ccccc7)cccc65)c4)Nc4c3ccc3ccccc43)ccc21. The molecule has 0 amide bonds. The van der Waals surface area contributed by atoms with Crippen molar-refractivity contribution in [2.75, 3.05) is 5.32 Å². The van der Waals surface area contributed by atoms with Crippen LogP contribution in [0.5, 0.6) is 0 Å². The standard InChI is InChI=1S/C63H44N4/c1-63(2)52-28-11-8-23-45(52)51-38-40(34-36-53(51)63)60-50-35-33-39-17-6-7-22-44(39)61(50)65-62(64-60)41-18-14-21-43(37-41)67-55-30-13-10-25-49(55)59-47(27-16-32-57(59)67)46-26-15-31-56-58(46)48-24-9-12-29-54(48)66(56)42-19-4-3-5-20-42/h3-38,62,65H,1-2H3. The van der Waals surface area contributed by atoms with E-state index in [1.807, 2.05) is 0 Å². The van der Waals surface area contributed by atoms with Gasteiger partial charge in [0.25, 0.3) is 0 Å². The zero-order valence-corrected chi connectivity index (χ0v) is 37.2. The second-order valence-electron chi connectivity index (χ2n) is 18.7. The normalized spacial score (nSPS) is 14.9. The molecule has 0 spiro atoms. The molecule has 12 aromatic rings. The van der Waals surface area contributed by atoms with Crippen molar-refractivity contribution in [3.05, 3.63) is 246 Å². The van der Waals surface area contributed by atoms with Crippen molar-refractivity contribution in [1.82, 2.24) is 9.13 Å². The predicted octanol–water partition coefficient (Wildman–Crippen LogP) is 16.0. The summed E-state index contributed by atoms with van der Waals surface area (Å²) in [5.74, 6) is 0. The van der Waals surface area contributed by atoms with E-state index in [1.165, 1.54) is 82.2 Å². The summed E-state index contributed by atoms with van der Waals surface area (Å²) in [6, 6.07) is 80.1. The summed E-state index contributed by atoms with van der Waals surface area (Å²) in [6.45, 7) is 4.68. The third-order valence-corrected chi connectivity index (χ3v) is 14.7. The van der Waals surface area contributed by atoms with Crippen molar-refractivity contribution in [3.63, 3.8) is 0 Å². The molecule has 1 unspecified atom stereocenters. The molecule has 316 valence electrons. The summed E-state index contributed by atoms with van der Waals surface area (Å²) in [6.07, 6.45) is -0.326. The zero-order valence-electron chi connectivity index (χ0n) is 37.2. The third-order valence-electron chi connectivity index (χ3n) is 14.7. The summed E-state index contributed by atoms with van der Waals surface area (Å²) in [5.41, 5.74) is 20.2. The lowest BCUT2D eigenvalue weighted by Gasteiger charge is -2.28. The minimum absolute atomic E-state index is 0.0683. The molecule has 0 bridgehead atoms. The predicted molar refractivity (Wildman–Crippen MR) is 281 cm³/mol.